The minimum Gasteiger partial charge on any atom is -0.481 e. The van der Waals surface area contributed by atoms with E-state index in [1.165, 1.54) is 0 Å². The van der Waals surface area contributed by atoms with E-state index in [4.69, 9.17) is 5.11 Å². The standard InChI is InChI=1S/C11H11F3O2/c12-8-6-10(14)9(13)5-7(8)3-1-2-4-11(15)16/h5-6H,1-4H2,(H,15,16). The van der Waals surface area contributed by atoms with E-state index in [0.717, 1.165) is 6.07 Å². The van der Waals surface area contributed by atoms with Gasteiger partial charge in [-0.05, 0) is 30.9 Å². The Balaban J connectivity index is 2.54. The summed E-state index contributed by atoms with van der Waals surface area (Å²) >= 11 is 0. The lowest BCUT2D eigenvalue weighted by molar-refractivity contribution is -0.137. The molecule has 88 valence electrons. The maximum absolute atomic E-state index is 13.1. The van der Waals surface area contributed by atoms with E-state index in [-0.39, 0.29) is 18.4 Å². The Bertz CT molecular complexity index is 391. The number of halogens is 3. The lowest BCUT2D eigenvalue weighted by atomic mass is 10.1. The van der Waals surface area contributed by atoms with Gasteiger partial charge in [-0.1, -0.05) is 0 Å². The molecule has 1 aromatic carbocycles. The van der Waals surface area contributed by atoms with Crippen molar-refractivity contribution >= 4 is 5.97 Å². The van der Waals surface area contributed by atoms with Crippen LogP contribution in [0.15, 0.2) is 12.1 Å². The average Bonchev–Trinajstić information content (AvgIpc) is 2.19. The Morgan fingerprint density at radius 1 is 1.06 bits per heavy atom. The molecule has 0 spiro atoms. The van der Waals surface area contributed by atoms with Crippen molar-refractivity contribution in [2.75, 3.05) is 0 Å². The summed E-state index contributed by atoms with van der Waals surface area (Å²) in [5.41, 5.74) is 0.0734. The lowest BCUT2D eigenvalue weighted by Crippen LogP contribution is -1.98. The zero-order valence-electron chi connectivity index (χ0n) is 8.47. The summed E-state index contributed by atoms with van der Waals surface area (Å²) in [7, 11) is 0. The van der Waals surface area contributed by atoms with Crippen LogP contribution in [0.3, 0.4) is 0 Å². The van der Waals surface area contributed by atoms with Crippen molar-refractivity contribution in [3.05, 3.63) is 35.1 Å². The summed E-state index contributed by atoms with van der Waals surface area (Å²) < 4.78 is 38.4. The summed E-state index contributed by atoms with van der Waals surface area (Å²) in [5.74, 6) is -4.03. The average molecular weight is 232 g/mol. The highest BCUT2D eigenvalue weighted by Gasteiger charge is 2.09. The molecule has 1 aromatic rings. The molecule has 0 aromatic heterocycles. The minimum atomic E-state index is -1.22. The predicted octanol–water partition coefficient (Wildman–Crippen LogP) is 2.90. The van der Waals surface area contributed by atoms with Gasteiger partial charge in [0.2, 0.25) is 0 Å². The van der Waals surface area contributed by atoms with Crippen molar-refractivity contribution in [3.63, 3.8) is 0 Å². The van der Waals surface area contributed by atoms with Crippen molar-refractivity contribution in [2.45, 2.75) is 25.7 Å². The number of aliphatic carboxylic acids is 1. The van der Waals surface area contributed by atoms with E-state index < -0.39 is 23.4 Å². The van der Waals surface area contributed by atoms with Crippen molar-refractivity contribution in [3.8, 4) is 0 Å². The molecule has 2 nitrogen and oxygen atoms in total. The smallest absolute Gasteiger partial charge is 0.303 e. The van der Waals surface area contributed by atoms with Crippen LogP contribution in [0.25, 0.3) is 0 Å². The first-order valence-electron chi connectivity index (χ1n) is 4.86. The molecule has 0 aliphatic heterocycles. The Morgan fingerprint density at radius 2 is 1.69 bits per heavy atom. The zero-order valence-corrected chi connectivity index (χ0v) is 8.47. The van der Waals surface area contributed by atoms with Gasteiger partial charge in [-0.25, -0.2) is 13.2 Å². The highest BCUT2D eigenvalue weighted by Crippen LogP contribution is 2.16. The Kier molecular flexibility index (Phi) is 4.34. The monoisotopic (exact) mass is 232 g/mol. The molecule has 0 atom stereocenters. The molecule has 0 amide bonds. The van der Waals surface area contributed by atoms with E-state index in [2.05, 4.69) is 0 Å². The van der Waals surface area contributed by atoms with Crippen molar-refractivity contribution < 1.29 is 23.1 Å². The fourth-order valence-electron chi connectivity index (χ4n) is 1.35. The maximum Gasteiger partial charge on any atom is 0.303 e. The van der Waals surface area contributed by atoms with Crippen LogP contribution in [0, 0.1) is 17.5 Å². The number of unbranched alkanes of at least 4 members (excludes halogenated alkanes) is 1. The highest BCUT2D eigenvalue weighted by atomic mass is 19.2. The summed E-state index contributed by atoms with van der Waals surface area (Å²) in [6, 6.07) is 1.31. The molecule has 0 unspecified atom stereocenters. The maximum atomic E-state index is 13.1. The van der Waals surface area contributed by atoms with Gasteiger partial charge in [0.15, 0.2) is 11.6 Å². The molecule has 0 heterocycles. The quantitative estimate of drug-likeness (QED) is 0.626. The number of rotatable bonds is 5. The molecule has 16 heavy (non-hydrogen) atoms. The number of carbonyl (C=O) groups is 1. The topological polar surface area (TPSA) is 37.3 Å². The molecule has 0 aliphatic rings. The third kappa shape index (κ3) is 3.56. The molecule has 0 bridgehead atoms. The van der Waals surface area contributed by atoms with Crippen LogP contribution < -0.4 is 0 Å². The normalized spacial score (nSPS) is 10.4. The van der Waals surface area contributed by atoms with Gasteiger partial charge in [0.05, 0.1) is 0 Å². The summed E-state index contributed by atoms with van der Waals surface area (Å²) in [4.78, 5) is 10.2. The van der Waals surface area contributed by atoms with Crippen LogP contribution in [0.5, 0.6) is 0 Å². The van der Waals surface area contributed by atoms with E-state index >= 15 is 0 Å². The molecule has 0 saturated heterocycles. The van der Waals surface area contributed by atoms with E-state index in [1.54, 1.807) is 0 Å². The number of carboxylic acid groups (broad SMARTS) is 1. The summed E-state index contributed by atoms with van der Waals surface area (Å²) in [6.45, 7) is 0. The SMILES string of the molecule is O=C(O)CCCCc1cc(F)c(F)cc1F. The number of aryl methyl sites for hydroxylation is 1. The van der Waals surface area contributed by atoms with E-state index in [1.807, 2.05) is 0 Å². The number of carboxylic acids is 1. The number of hydrogen-bond donors (Lipinski definition) is 1. The van der Waals surface area contributed by atoms with Crippen LogP contribution in [-0.4, -0.2) is 11.1 Å². The third-order valence-electron chi connectivity index (χ3n) is 2.18. The second-order valence-electron chi connectivity index (χ2n) is 3.46. The van der Waals surface area contributed by atoms with Crippen LogP contribution in [0.4, 0.5) is 13.2 Å². The summed E-state index contributed by atoms with van der Waals surface area (Å²) in [5, 5.41) is 8.36. The van der Waals surface area contributed by atoms with Gasteiger partial charge in [0.1, 0.15) is 5.82 Å². The molecule has 0 saturated carbocycles. The second-order valence-corrected chi connectivity index (χ2v) is 3.46. The van der Waals surface area contributed by atoms with Gasteiger partial charge in [-0.2, -0.15) is 0 Å². The third-order valence-corrected chi connectivity index (χ3v) is 2.18. The first-order chi connectivity index (χ1) is 7.50. The van der Waals surface area contributed by atoms with Crippen molar-refractivity contribution in [2.24, 2.45) is 0 Å². The predicted molar refractivity (Wildman–Crippen MR) is 51.5 cm³/mol. The van der Waals surface area contributed by atoms with Gasteiger partial charge in [0.25, 0.3) is 0 Å². The Hall–Kier alpha value is -1.52. The highest BCUT2D eigenvalue weighted by molar-refractivity contribution is 5.66. The molecular weight excluding hydrogens is 221 g/mol. The fourth-order valence-corrected chi connectivity index (χ4v) is 1.35. The van der Waals surface area contributed by atoms with E-state index in [0.29, 0.717) is 18.9 Å². The van der Waals surface area contributed by atoms with Crippen molar-refractivity contribution in [1.29, 1.82) is 0 Å². The molecule has 1 rings (SSSR count). The largest absolute Gasteiger partial charge is 0.481 e. The second kappa shape index (κ2) is 5.53. The molecule has 1 N–H and O–H groups in total. The minimum absolute atomic E-state index is 0.00864. The molecular formula is C11H11F3O2. The van der Waals surface area contributed by atoms with Crippen molar-refractivity contribution in [1.82, 2.24) is 0 Å². The van der Waals surface area contributed by atoms with Gasteiger partial charge in [-0.15, -0.1) is 0 Å². The first-order valence-corrected chi connectivity index (χ1v) is 4.86. The van der Waals surface area contributed by atoms with Gasteiger partial charge in [-0.3, -0.25) is 4.79 Å². The lowest BCUT2D eigenvalue weighted by Gasteiger charge is -2.03. The van der Waals surface area contributed by atoms with Gasteiger partial charge < -0.3 is 5.11 Å². The molecule has 0 fully saturated rings. The number of hydrogen-bond acceptors (Lipinski definition) is 1. The first kappa shape index (κ1) is 12.5. The molecule has 0 aliphatic carbocycles. The van der Waals surface area contributed by atoms with Gasteiger partial charge >= 0.3 is 5.97 Å². The molecule has 5 heteroatoms. The Labute approximate surface area is 90.7 Å². The zero-order chi connectivity index (χ0) is 12.1. The molecule has 0 radical (unpaired) electrons. The summed E-state index contributed by atoms with van der Waals surface area (Å²) in [6.07, 6.45) is 1.00. The van der Waals surface area contributed by atoms with Gasteiger partial charge in [0, 0.05) is 12.5 Å². The van der Waals surface area contributed by atoms with Crippen LogP contribution in [0.2, 0.25) is 0 Å². The fraction of sp³-hybridized carbons (Fsp3) is 0.364. The number of benzene rings is 1. The Morgan fingerprint density at radius 3 is 2.31 bits per heavy atom. The van der Waals surface area contributed by atoms with Crippen LogP contribution in [-0.2, 0) is 11.2 Å². The van der Waals surface area contributed by atoms with E-state index in [9.17, 15) is 18.0 Å². The van der Waals surface area contributed by atoms with Crippen LogP contribution >= 0.6 is 0 Å². The van der Waals surface area contributed by atoms with Crippen LogP contribution in [0.1, 0.15) is 24.8 Å².